The highest BCUT2D eigenvalue weighted by Gasteiger charge is 2.38. The van der Waals surface area contributed by atoms with Crippen LogP contribution in [0.4, 0.5) is 8.78 Å². The third kappa shape index (κ3) is 3.42. The molecule has 1 aromatic heterocycles. The standard InChI is InChI=1S/C19H22F2N2O/c20-19(21)5-6-23(13-19)12-18-10-16-2-1-15(9-17(16)11-22-18)14-3-7-24-8-4-14/h1-2,9-11,14H,3-8,12-13H2. The number of nitrogens with zero attached hydrogens (tertiary/aromatic N) is 2. The van der Waals surface area contributed by atoms with E-state index in [9.17, 15) is 8.78 Å². The topological polar surface area (TPSA) is 25.4 Å². The van der Waals surface area contributed by atoms with E-state index in [4.69, 9.17) is 4.74 Å². The van der Waals surface area contributed by atoms with Crippen molar-refractivity contribution in [3.8, 4) is 0 Å². The molecule has 0 saturated carbocycles. The molecule has 0 unspecified atom stereocenters. The Morgan fingerprint density at radius 2 is 2.00 bits per heavy atom. The highest BCUT2D eigenvalue weighted by molar-refractivity contribution is 5.82. The Labute approximate surface area is 140 Å². The largest absolute Gasteiger partial charge is 0.381 e. The van der Waals surface area contributed by atoms with Gasteiger partial charge in [0.25, 0.3) is 5.92 Å². The lowest BCUT2D eigenvalue weighted by Gasteiger charge is -2.22. The number of pyridine rings is 1. The highest BCUT2D eigenvalue weighted by atomic mass is 19.3. The van der Waals surface area contributed by atoms with Gasteiger partial charge in [-0.15, -0.1) is 0 Å². The molecular formula is C19H22F2N2O. The number of aromatic nitrogens is 1. The number of halogens is 2. The number of likely N-dealkylation sites (tertiary alicyclic amines) is 1. The lowest BCUT2D eigenvalue weighted by Crippen LogP contribution is -2.25. The van der Waals surface area contributed by atoms with Gasteiger partial charge in [-0.3, -0.25) is 9.88 Å². The number of fused-ring (bicyclic) bond motifs is 1. The molecule has 128 valence electrons. The van der Waals surface area contributed by atoms with Crippen LogP contribution in [0.25, 0.3) is 10.8 Å². The summed E-state index contributed by atoms with van der Waals surface area (Å²) in [6, 6.07) is 8.56. The summed E-state index contributed by atoms with van der Waals surface area (Å²) in [6.45, 7) is 2.44. The first kappa shape index (κ1) is 15.9. The van der Waals surface area contributed by atoms with E-state index >= 15 is 0 Å². The van der Waals surface area contributed by atoms with Crippen molar-refractivity contribution in [1.29, 1.82) is 0 Å². The third-order valence-corrected chi connectivity index (χ3v) is 5.13. The minimum Gasteiger partial charge on any atom is -0.381 e. The van der Waals surface area contributed by atoms with Crippen molar-refractivity contribution in [2.75, 3.05) is 26.3 Å². The summed E-state index contributed by atoms with van der Waals surface area (Å²) in [5.74, 6) is -1.98. The van der Waals surface area contributed by atoms with Crippen LogP contribution in [-0.2, 0) is 11.3 Å². The van der Waals surface area contributed by atoms with Gasteiger partial charge in [0.1, 0.15) is 0 Å². The molecule has 3 nitrogen and oxygen atoms in total. The van der Waals surface area contributed by atoms with E-state index in [1.807, 2.05) is 12.3 Å². The lowest BCUT2D eigenvalue weighted by molar-refractivity contribution is 0.0114. The summed E-state index contributed by atoms with van der Waals surface area (Å²) in [6.07, 6.45) is 3.97. The number of hydrogen-bond donors (Lipinski definition) is 0. The molecule has 0 amide bonds. The minimum absolute atomic E-state index is 0.0466. The quantitative estimate of drug-likeness (QED) is 0.850. The molecule has 2 aliphatic rings. The molecule has 2 aromatic rings. The van der Waals surface area contributed by atoms with Crippen molar-refractivity contribution in [1.82, 2.24) is 9.88 Å². The Bertz CT molecular complexity index is 728. The molecule has 5 heteroatoms. The van der Waals surface area contributed by atoms with Crippen LogP contribution in [0.1, 0.15) is 36.4 Å². The number of rotatable bonds is 3. The Morgan fingerprint density at radius 1 is 1.17 bits per heavy atom. The van der Waals surface area contributed by atoms with Gasteiger partial charge in [0.15, 0.2) is 0 Å². The van der Waals surface area contributed by atoms with E-state index in [1.54, 1.807) is 4.90 Å². The molecule has 1 aromatic carbocycles. The molecule has 2 aliphatic heterocycles. The van der Waals surface area contributed by atoms with Crippen LogP contribution in [0, 0.1) is 0 Å². The van der Waals surface area contributed by atoms with Crippen molar-refractivity contribution in [3.05, 3.63) is 41.7 Å². The second kappa shape index (κ2) is 6.37. The van der Waals surface area contributed by atoms with Crippen molar-refractivity contribution < 1.29 is 13.5 Å². The molecule has 2 fully saturated rings. The number of benzene rings is 1. The van der Waals surface area contributed by atoms with Gasteiger partial charge in [-0.2, -0.15) is 0 Å². The van der Waals surface area contributed by atoms with Crippen LogP contribution in [0.15, 0.2) is 30.5 Å². The Hall–Kier alpha value is -1.59. The minimum atomic E-state index is -2.55. The maximum atomic E-state index is 13.3. The zero-order chi connectivity index (χ0) is 16.6. The summed E-state index contributed by atoms with van der Waals surface area (Å²) < 4.78 is 32.0. The van der Waals surface area contributed by atoms with Gasteiger partial charge < -0.3 is 4.74 Å². The first-order chi connectivity index (χ1) is 11.6. The number of hydrogen-bond acceptors (Lipinski definition) is 3. The number of alkyl halides is 2. The van der Waals surface area contributed by atoms with Crippen LogP contribution >= 0.6 is 0 Å². The predicted octanol–water partition coefficient (Wildman–Crippen LogP) is 3.97. The van der Waals surface area contributed by atoms with Gasteiger partial charge >= 0.3 is 0 Å². The average Bonchev–Trinajstić information content (AvgIpc) is 2.94. The van der Waals surface area contributed by atoms with Crippen molar-refractivity contribution in [2.45, 2.75) is 37.6 Å². The molecule has 3 heterocycles. The van der Waals surface area contributed by atoms with Crippen molar-refractivity contribution in [3.63, 3.8) is 0 Å². The van der Waals surface area contributed by atoms with Gasteiger partial charge in [-0.1, -0.05) is 12.1 Å². The normalized spacial score (nSPS) is 22.2. The lowest BCUT2D eigenvalue weighted by atomic mass is 9.90. The van der Waals surface area contributed by atoms with Crippen LogP contribution in [0.3, 0.4) is 0 Å². The molecule has 0 bridgehead atoms. The van der Waals surface area contributed by atoms with E-state index in [0.717, 1.165) is 42.5 Å². The average molecular weight is 332 g/mol. The van der Waals surface area contributed by atoms with Gasteiger partial charge in [0, 0.05) is 44.3 Å². The molecule has 0 spiro atoms. The molecule has 2 saturated heterocycles. The predicted molar refractivity (Wildman–Crippen MR) is 89.4 cm³/mol. The fourth-order valence-electron chi connectivity index (χ4n) is 3.75. The van der Waals surface area contributed by atoms with Gasteiger partial charge in [-0.05, 0) is 41.8 Å². The van der Waals surface area contributed by atoms with Gasteiger partial charge in [0.05, 0.1) is 12.2 Å². The first-order valence-electron chi connectivity index (χ1n) is 8.66. The summed E-state index contributed by atoms with van der Waals surface area (Å²) in [5.41, 5.74) is 2.21. The zero-order valence-electron chi connectivity index (χ0n) is 13.7. The molecule has 4 rings (SSSR count). The van der Waals surface area contributed by atoms with Crippen LogP contribution < -0.4 is 0 Å². The Morgan fingerprint density at radius 3 is 2.75 bits per heavy atom. The summed E-state index contributed by atoms with van der Waals surface area (Å²) in [5, 5.41) is 2.25. The molecule has 0 N–H and O–H groups in total. The zero-order valence-corrected chi connectivity index (χ0v) is 13.7. The molecular weight excluding hydrogens is 310 g/mol. The SMILES string of the molecule is FC1(F)CCN(Cc2cc3ccc(C4CCOCC4)cc3cn2)C1. The fraction of sp³-hybridized carbons (Fsp3) is 0.526. The second-order valence-electron chi connectivity index (χ2n) is 6.99. The summed E-state index contributed by atoms with van der Waals surface area (Å²) in [7, 11) is 0. The van der Waals surface area contributed by atoms with E-state index in [2.05, 4.69) is 23.2 Å². The number of ether oxygens (including phenoxy) is 1. The summed E-state index contributed by atoms with van der Waals surface area (Å²) in [4.78, 5) is 6.28. The molecule has 0 aliphatic carbocycles. The van der Waals surface area contributed by atoms with Gasteiger partial charge in [0.2, 0.25) is 0 Å². The van der Waals surface area contributed by atoms with E-state index < -0.39 is 5.92 Å². The smallest absolute Gasteiger partial charge is 0.261 e. The van der Waals surface area contributed by atoms with Gasteiger partial charge in [-0.25, -0.2) is 8.78 Å². The monoisotopic (exact) mass is 332 g/mol. The van der Waals surface area contributed by atoms with E-state index in [-0.39, 0.29) is 13.0 Å². The highest BCUT2D eigenvalue weighted by Crippen LogP contribution is 2.30. The molecule has 0 atom stereocenters. The fourth-order valence-corrected chi connectivity index (χ4v) is 3.75. The van der Waals surface area contributed by atoms with E-state index in [1.165, 1.54) is 5.56 Å². The second-order valence-corrected chi connectivity index (χ2v) is 6.99. The van der Waals surface area contributed by atoms with Crippen LogP contribution in [0.5, 0.6) is 0 Å². The molecule has 24 heavy (non-hydrogen) atoms. The Balaban J connectivity index is 1.51. The van der Waals surface area contributed by atoms with Crippen LogP contribution in [0.2, 0.25) is 0 Å². The maximum absolute atomic E-state index is 13.3. The maximum Gasteiger partial charge on any atom is 0.261 e. The van der Waals surface area contributed by atoms with Crippen molar-refractivity contribution >= 4 is 10.8 Å². The molecule has 0 radical (unpaired) electrons. The van der Waals surface area contributed by atoms with Crippen molar-refractivity contribution in [2.24, 2.45) is 0 Å². The van der Waals surface area contributed by atoms with E-state index in [0.29, 0.717) is 19.0 Å². The third-order valence-electron chi connectivity index (χ3n) is 5.13. The Kier molecular flexibility index (Phi) is 4.22. The summed E-state index contributed by atoms with van der Waals surface area (Å²) >= 11 is 0. The first-order valence-corrected chi connectivity index (χ1v) is 8.66. The van der Waals surface area contributed by atoms with Crippen LogP contribution in [-0.4, -0.2) is 42.1 Å².